The average Bonchev–Trinajstić information content (AvgIpc) is 2.64. The normalized spacial score (nSPS) is 22.3. The molecule has 1 saturated heterocycles. The van der Waals surface area contributed by atoms with E-state index >= 15 is 0 Å². The third-order valence-electron chi connectivity index (χ3n) is 4.16. The number of hydrogen-bond donors (Lipinski definition) is 4. The first-order valence-electron chi connectivity index (χ1n) is 7.50. The SMILES string of the molecule is O=C(O)C1=C(CO)CS[C@@H]2C(NC(=O)c3ccccc3CO)C(=O)N12. The lowest BCUT2D eigenvalue weighted by molar-refractivity contribution is -0.148. The first kappa shape index (κ1) is 17.5. The van der Waals surface area contributed by atoms with Crippen molar-refractivity contribution in [2.24, 2.45) is 0 Å². The minimum atomic E-state index is -1.28. The van der Waals surface area contributed by atoms with Gasteiger partial charge in [-0.15, -0.1) is 11.8 Å². The van der Waals surface area contributed by atoms with Crippen molar-refractivity contribution in [3.63, 3.8) is 0 Å². The molecule has 2 atom stereocenters. The van der Waals surface area contributed by atoms with Crippen LogP contribution in [0.3, 0.4) is 0 Å². The van der Waals surface area contributed by atoms with Crippen molar-refractivity contribution in [3.8, 4) is 0 Å². The zero-order chi connectivity index (χ0) is 18.1. The van der Waals surface area contributed by atoms with E-state index < -0.39 is 35.8 Å². The van der Waals surface area contributed by atoms with Crippen LogP contribution in [-0.2, 0) is 16.2 Å². The van der Waals surface area contributed by atoms with Crippen molar-refractivity contribution in [2.75, 3.05) is 12.4 Å². The smallest absolute Gasteiger partial charge is 0.352 e. The van der Waals surface area contributed by atoms with Crippen LogP contribution in [0, 0.1) is 0 Å². The number of carboxylic acids is 1. The highest BCUT2D eigenvalue weighted by molar-refractivity contribution is 8.00. The molecule has 1 aromatic rings. The Morgan fingerprint density at radius 1 is 1.24 bits per heavy atom. The first-order chi connectivity index (χ1) is 12.0. The van der Waals surface area contributed by atoms with E-state index in [4.69, 9.17) is 0 Å². The highest BCUT2D eigenvalue weighted by Gasteiger charge is 2.54. The number of fused-ring (bicyclic) bond motifs is 1. The molecule has 2 aliphatic heterocycles. The van der Waals surface area contributed by atoms with Gasteiger partial charge in [0.15, 0.2) is 0 Å². The molecule has 3 rings (SSSR count). The van der Waals surface area contributed by atoms with Crippen molar-refractivity contribution >= 4 is 29.5 Å². The molecule has 0 spiro atoms. The summed E-state index contributed by atoms with van der Waals surface area (Å²) in [7, 11) is 0. The maximum atomic E-state index is 12.4. The summed E-state index contributed by atoms with van der Waals surface area (Å²) in [5.41, 5.74) is 0.769. The maximum Gasteiger partial charge on any atom is 0.352 e. The molecule has 132 valence electrons. The Bertz CT molecular complexity index is 778. The second-order valence-corrected chi connectivity index (χ2v) is 6.70. The first-order valence-corrected chi connectivity index (χ1v) is 8.55. The van der Waals surface area contributed by atoms with Gasteiger partial charge in [-0.1, -0.05) is 18.2 Å². The Kier molecular flexibility index (Phi) is 4.80. The lowest BCUT2D eigenvalue weighted by Gasteiger charge is -2.49. The van der Waals surface area contributed by atoms with Gasteiger partial charge in [-0.25, -0.2) is 4.79 Å². The molecule has 9 heteroatoms. The number of β-lactam (4-membered cyclic amide) rings is 1. The Balaban J connectivity index is 1.79. The van der Waals surface area contributed by atoms with Gasteiger partial charge in [-0.05, 0) is 17.2 Å². The van der Waals surface area contributed by atoms with Crippen LogP contribution in [0.1, 0.15) is 15.9 Å². The second-order valence-electron chi connectivity index (χ2n) is 5.59. The molecule has 0 bridgehead atoms. The molecule has 0 radical (unpaired) electrons. The number of nitrogens with one attached hydrogen (secondary N) is 1. The van der Waals surface area contributed by atoms with Crippen LogP contribution in [0.5, 0.6) is 0 Å². The molecule has 2 heterocycles. The number of hydrogen-bond acceptors (Lipinski definition) is 6. The van der Waals surface area contributed by atoms with Gasteiger partial charge in [-0.2, -0.15) is 0 Å². The standard InChI is InChI=1S/C16H16N2O6S/c19-5-8-3-1-2-4-10(8)13(21)17-11-14(22)18-12(16(23)24)9(6-20)7-25-15(11)18/h1-4,11,15,19-20H,5-7H2,(H,17,21)(H,23,24)/t11?,15-/m1/s1. The number of benzene rings is 1. The van der Waals surface area contributed by atoms with Gasteiger partial charge < -0.3 is 20.6 Å². The molecular formula is C16H16N2O6S. The van der Waals surface area contributed by atoms with Gasteiger partial charge >= 0.3 is 5.97 Å². The number of aliphatic hydroxyl groups is 2. The molecule has 0 saturated carbocycles. The Hall–Kier alpha value is -2.36. The van der Waals surface area contributed by atoms with Crippen molar-refractivity contribution in [2.45, 2.75) is 18.0 Å². The number of aliphatic hydroxyl groups excluding tert-OH is 2. The lowest BCUT2D eigenvalue weighted by atomic mass is 10.0. The summed E-state index contributed by atoms with van der Waals surface area (Å²) in [4.78, 5) is 37.3. The Morgan fingerprint density at radius 3 is 2.60 bits per heavy atom. The third-order valence-corrected chi connectivity index (χ3v) is 5.50. The Morgan fingerprint density at radius 2 is 1.96 bits per heavy atom. The summed E-state index contributed by atoms with van der Waals surface area (Å²) >= 11 is 1.29. The molecule has 4 N–H and O–H groups in total. The number of amides is 2. The molecule has 0 aliphatic carbocycles. The van der Waals surface area contributed by atoms with E-state index in [-0.39, 0.29) is 29.2 Å². The topological polar surface area (TPSA) is 127 Å². The van der Waals surface area contributed by atoms with E-state index in [0.717, 1.165) is 4.90 Å². The Labute approximate surface area is 147 Å². The molecular weight excluding hydrogens is 348 g/mol. The number of carboxylic acid groups (broad SMARTS) is 1. The largest absolute Gasteiger partial charge is 0.477 e. The van der Waals surface area contributed by atoms with Crippen LogP contribution in [0.2, 0.25) is 0 Å². The van der Waals surface area contributed by atoms with Gasteiger partial charge in [0.05, 0.1) is 13.2 Å². The van der Waals surface area contributed by atoms with Gasteiger partial charge in [0, 0.05) is 11.3 Å². The number of carbonyl (C=O) groups is 3. The second kappa shape index (κ2) is 6.87. The van der Waals surface area contributed by atoms with Gasteiger partial charge in [0.1, 0.15) is 17.1 Å². The summed E-state index contributed by atoms with van der Waals surface area (Å²) in [6.45, 7) is -0.746. The van der Waals surface area contributed by atoms with E-state index in [1.54, 1.807) is 24.3 Å². The van der Waals surface area contributed by atoms with E-state index in [9.17, 15) is 29.7 Å². The van der Waals surface area contributed by atoms with Crippen molar-refractivity contribution in [3.05, 3.63) is 46.7 Å². The lowest BCUT2D eigenvalue weighted by Crippen LogP contribution is -2.70. The molecule has 2 aliphatic rings. The average molecular weight is 364 g/mol. The van der Waals surface area contributed by atoms with Gasteiger partial charge in [0.25, 0.3) is 11.8 Å². The number of nitrogens with zero attached hydrogens (tertiary/aromatic N) is 1. The quantitative estimate of drug-likeness (QED) is 0.520. The van der Waals surface area contributed by atoms with Crippen LogP contribution in [0.25, 0.3) is 0 Å². The van der Waals surface area contributed by atoms with Crippen molar-refractivity contribution < 1.29 is 29.7 Å². The zero-order valence-corrected chi connectivity index (χ0v) is 13.8. The van der Waals surface area contributed by atoms with Gasteiger partial charge in [-0.3, -0.25) is 14.5 Å². The summed E-state index contributed by atoms with van der Waals surface area (Å²) in [5.74, 6) is -2.04. The fourth-order valence-corrected chi connectivity index (χ4v) is 4.24. The van der Waals surface area contributed by atoms with Crippen LogP contribution < -0.4 is 5.32 Å². The number of rotatable bonds is 5. The summed E-state index contributed by atoms with van der Waals surface area (Å²) in [6.07, 6.45) is 0. The minimum Gasteiger partial charge on any atom is -0.477 e. The molecule has 25 heavy (non-hydrogen) atoms. The molecule has 2 amide bonds. The molecule has 0 aromatic heterocycles. The number of thioether (sulfide) groups is 1. The summed E-state index contributed by atoms with van der Waals surface area (Å²) < 4.78 is 0. The third kappa shape index (κ3) is 2.90. The molecule has 8 nitrogen and oxygen atoms in total. The van der Waals surface area contributed by atoms with Crippen LogP contribution >= 0.6 is 11.8 Å². The fraction of sp³-hybridized carbons (Fsp3) is 0.312. The fourth-order valence-electron chi connectivity index (χ4n) is 2.90. The van der Waals surface area contributed by atoms with Crippen molar-refractivity contribution in [1.82, 2.24) is 10.2 Å². The molecule has 1 fully saturated rings. The van der Waals surface area contributed by atoms with Crippen LogP contribution in [0.15, 0.2) is 35.5 Å². The monoisotopic (exact) mass is 364 g/mol. The van der Waals surface area contributed by atoms with Crippen molar-refractivity contribution in [1.29, 1.82) is 0 Å². The van der Waals surface area contributed by atoms with E-state index in [2.05, 4.69) is 5.32 Å². The minimum absolute atomic E-state index is 0.211. The molecule has 1 aromatic carbocycles. The van der Waals surface area contributed by atoms with Crippen LogP contribution in [-0.4, -0.2) is 61.8 Å². The number of aliphatic carboxylic acids is 1. The maximum absolute atomic E-state index is 12.4. The highest BCUT2D eigenvalue weighted by Crippen LogP contribution is 2.40. The summed E-state index contributed by atoms with van der Waals surface area (Å²) in [6, 6.07) is 5.65. The molecule has 1 unspecified atom stereocenters. The van der Waals surface area contributed by atoms with E-state index in [1.807, 2.05) is 0 Å². The summed E-state index contributed by atoms with van der Waals surface area (Å²) in [5, 5.41) is 30.0. The van der Waals surface area contributed by atoms with E-state index in [1.165, 1.54) is 11.8 Å². The highest BCUT2D eigenvalue weighted by atomic mass is 32.2. The zero-order valence-electron chi connectivity index (χ0n) is 13.0. The number of carbonyl (C=O) groups excluding carboxylic acids is 2. The van der Waals surface area contributed by atoms with Crippen LogP contribution in [0.4, 0.5) is 0 Å². The predicted molar refractivity (Wildman–Crippen MR) is 88.5 cm³/mol. The van der Waals surface area contributed by atoms with E-state index in [0.29, 0.717) is 5.56 Å². The predicted octanol–water partition coefficient (Wildman–Crippen LogP) is -0.477. The van der Waals surface area contributed by atoms with Gasteiger partial charge in [0.2, 0.25) is 0 Å².